The molecule has 2 saturated heterocycles. The molecule has 1 aromatic carbocycles. The van der Waals surface area contributed by atoms with Gasteiger partial charge >= 0.3 is 0 Å². The molecule has 28 heavy (non-hydrogen) atoms. The minimum atomic E-state index is -0.618. The van der Waals surface area contributed by atoms with Crippen LogP contribution in [0.15, 0.2) is 36.7 Å². The Hall–Kier alpha value is -2.45. The Morgan fingerprint density at radius 3 is 2.82 bits per heavy atom. The van der Waals surface area contributed by atoms with E-state index in [1.807, 2.05) is 13.2 Å². The third-order valence-electron chi connectivity index (χ3n) is 5.37. The average molecular weight is 408 g/mol. The van der Waals surface area contributed by atoms with Gasteiger partial charge in [0.2, 0.25) is 11.8 Å². The van der Waals surface area contributed by atoms with Crippen molar-refractivity contribution in [1.82, 2.24) is 20.4 Å². The van der Waals surface area contributed by atoms with Crippen molar-refractivity contribution in [1.29, 1.82) is 0 Å². The van der Waals surface area contributed by atoms with Crippen molar-refractivity contribution in [2.24, 2.45) is 13.0 Å². The highest BCUT2D eigenvalue weighted by Gasteiger charge is 2.39. The van der Waals surface area contributed by atoms with Crippen LogP contribution in [0, 0.1) is 11.7 Å². The largest absolute Gasteiger partial charge is 0.344 e. The summed E-state index contributed by atoms with van der Waals surface area (Å²) in [6.45, 7) is 1.65. The number of aryl methyl sites for hydroxylation is 1. The monoisotopic (exact) mass is 407 g/mol. The van der Waals surface area contributed by atoms with Crippen LogP contribution in [0.4, 0.5) is 10.1 Å². The summed E-state index contributed by atoms with van der Waals surface area (Å²) in [5, 5.41) is 10.3. The van der Waals surface area contributed by atoms with Crippen LogP contribution in [0.25, 0.3) is 0 Å². The van der Waals surface area contributed by atoms with Crippen LogP contribution in [-0.4, -0.2) is 47.3 Å². The number of amides is 2. The van der Waals surface area contributed by atoms with Crippen molar-refractivity contribution < 1.29 is 14.0 Å². The fourth-order valence-electron chi connectivity index (χ4n) is 3.94. The standard InChI is InChI=1S/C19H22FN5O2.ClH/c1-24-11-12(8-22-24)13-9-21-10-14(13)18(26)23-16-6-7-25(19(16)27)17-5-3-2-4-15(17)20;/h2-5,8,11,13-14,16,21H,6-7,9-10H2,1H3,(H,23,26);1H/t13-,14+,16?;/m1./s1. The molecule has 3 atom stereocenters. The molecule has 9 heteroatoms. The van der Waals surface area contributed by atoms with E-state index in [4.69, 9.17) is 0 Å². The van der Waals surface area contributed by atoms with E-state index in [2.05, 4.69) is 15.7 Å². The Bertz CT molecular complexity index is 874. The van der Waals surface area contributed by atoms with Gasteiger partial charge in [-0.15, -0.1) is 12.4 Å². The van der Waals surface area contributed by atoms with Gasteiger partial charge in [0.05, 0.1) is 17.8 Å². The first kappa shape index (κ1) is 20.3. The van der Waals surface area contributed by atoms with E-state index < -0.39 is 11.9 Å². The number of aromatic nitrogens is 2. The zero-order valence-electron chi connectivity index (χ0n) is 15.5. The van der Waals surface area contributed by atoms with Crippen LogP contribution in [-0.2, 0) is 16.6 Å². The molecule has 1 unspecified atom stereocenters. The molecule has 2 N–H and O–H groups in total. The number of para-hydroxylation sites is 1. The molecule has 2 aromatic rings. The quantitative estimate of drug-likeness (QED) is 0.798. The average Bonchev–Trinajstić information content (AvgIpc) is 3.37. The highest BCUT2D eigenvalue weighted by atomic mass is 35.5. The lowest BCUT2D eigenvalue weighted by Crippen LogP contribution is -2.45. The van der Waals surface area contributed by atoms with Gasteiger partial charge in [0, 0.05) is 38.8 Å². The predicted octanol–water partition coefficient (Wildman–Crippen LogP) is 1.21. The Morgan fingerprint density at radius 1 is 1.32 bits per heavy atom. The molecule has 0 saturated carbocycles. The number of benzene rings is 1. The number of hydrogen-bond donors (Lipinski definition) is 2. The van der Waals surface area contributed by atoms with Gasteiger partial charge < -0.3 is 15.5 Å². The van der Waals surface area contributed by atoms with E-state index in [-0.39, 0.29) is 41.7 Å². The fourth-order valence-corrected chi connectivity index (χ4v) is 3.94. The Balaban J connectivity index is 0.00000225. The fraction of sp³-hybridized carbons (Fsp3) is 0.421. The molecular weight excluding hydrogens is 385 g/mol. The Morgan fingerprint density at radius 2 is 2.11 bits per heavy atom. The molecule has 2 amide bonds. The van der Waals surface area contributed by atoms with Gasteiger partial charge in [-0.05, 0) is 24.1 Å². The molecule has 7 nitrogen and oxygen atoms in total. The molecule has 2 aliphatic rings. The van der Waals surface area contributed by atoms with Gasteiger partial charge in [-0.3, -0.25) is 14.3 Å². The first-order valence-corrected chi connectivity index (χ1v) is 9.10. The second-order valence-corrected chi connectivity index (χ2v) is 7.11. The number of hydrogen-bond acceptors (Lipinski definition) is 4. The maximum Gasteiger partial charge on any atom is 0.249 e. The van der Waals surface area contributed by atoms with Gasteiger partial charge in [-0.2, -0.15) is 5.10 Å². The van der Waals surface area contributed by atoms with Crippen LogP contribution >= 0.6 is 12.4 Å². The van der Waals surface area contributed by atoms with E-state index in [1.165, 1.54) is 11.0 Å². The minimum Gasteiger partial charge on any atom is -0.344 e. The first-order chi connectivity index (χ1) is 13.0. The Kier molecular flexibility index (Phi) is 6.00. The second kappa shape index (κ2) is 8.28. The molecule has 3 heterocycles. The van der Waals surface area contributed by atoms with Gasteiger partial charge in [0.1, 0.15) is 11.9 Å². The topological polar surface area (TPSA) is 79.3 Å². The molecular formula is C19H23ClFN5O2. The van der Waals surface area contributed by atoms with Crippen molar-refractivity contribution in [2.75, 3.05) is 24.5 Å². The number of carbonyl (C=O) groups is 2. The summed E-state index contributed by atoms with van der Waals surface area (Å²) in [4.78, 5) is 26.9. The van der Waals surface area contributed by atoms with Gasteiger partial charge in [-0.1, -0.05) is 12.1 Å². The number of nitrogens with one attached hydrogen (secondary N) is 2. The van der Waals surface area contributed by atoms with Crippen LogP contribution < -0.4 is 15.5 Å². The number of rotatable bonds is 4. The lowest BCUT2D eigenvalue weighted by atomic mass is 9.90. The zero-order chi connectivity index (χ0) is 19.0. The maximum absolute atomic E-state index is 14.0. The van der Waals surface area contributed by atoms with Gasteiger partial charge in [0.15, 0.2) is 0 Å². The summed E-state index contributed by atoms with van der Waals surface area (Å²) < 4.78 is 15.7. The molecule has 150 valence electrons. The van der Waals surface area contributed by atoms with Crippen LogP contribution in [0.3, 0.4) is 0 Å². The minimum absolute atomic E-state index is 0. The number of halogens is 2. The summed E-state index contributed by atoms with van der Waals surface area (Å²) >= 11 is 0. The molecule has 0 bridgehead atoms. The summed E-state index contributed by atoms with van der Waals surface area (Å²) in [5.74, 6) is -1.09. The van der Waals surface area contributed by atoms with E-state index in [9.17, 15) is 14.0 Å². The van der Waals surface area contributed by atoms with Crippen molar-refractivity contribution in [3.8, 4) is 0 Å². The molecule has 0 spiro atoms. The third kappa shape index (κ3) is 3.74. The van der Waals surface area contributed by atoms with Crippen molar-refractivity contribution in [3.63, 3.8) is 0 Å². The lowest BCUT2D eigenvalue weighted by Gasteiger charge is -2.20. The Labute approximate surface area is 168 Å². The van der Waals surface area contributed by atoms with E-state index in [0.717, 1.165) is 5.56 Å². The number of carbonyl (C=O) groups excluding carboxylic acids is 2. The van der Waals surface area contributed by atoms with Crippen molar-refractivity contribution in [2.45, 2.75) is 18.4 Å². The molecule has 2 fully saturated rings. The lowest BCUT2D eigenvalue weighted by molar-refractivity contribution is -0.129. The third-order valence-corrected chi connectivity index (χ3v) is 5.37. The van der Waals surface area contributed by atoms with Crippen LogP contribution in [0.1, 0.15) is 17.9 Å². The van der Waals surface area contributed by atoms with Crippen molar-refractivity contribution >= 4 is 29.9 Å². The van der Waals surface area contributed by atoms with Crippen LogP contribution in [0.5, 0.6) is 0 Å². The van der Waals surface area contributed by atoms with Crippen molar-refractivity contribution in [3.05, 3.63) is 48.0 Å². The maximum atomic E-state index is 14.0. The summed E-state index contributed by atoms with van der Waals surface area (Å²) in [6, 6.07) is 5.57. The second-order valence-electron chi connectivity index (χ2n) is 7.11. The van der Waals surface area contributed by atoms with Crippen LogP contribution in [0.2, 0.25) is 0 Å². The molecule has 0 radical (unpaired) electrons. The molecule has 4 rings (SSSR count). The normalized spacial score (nSPS) is 24.3. The highest BCUT2D eigenvalue weighted by molar-refractivity contribution is 6.01. The molecule has 0 aliphatic carbocycles. The summed E-state index contributed by atoms with van der Waals surface area (Å²) in [7, 11) is 1.84. The summed E-state index contributed by atoms with van der Waals surface area (Å²) in [5.41, 5.74) is 1.27. The number of nitrogens with zero attached hydrogens (tertiary/aromatic N) is 3. The molecule has 2 aliphatic heterocycles. The van der Waals surface area contributed by atoms with E-state index in [1.54, 1.807) is 29.1 Å². The van der Waals surface area contributed by atoms with Gasteiger partial charge in [0.25, 0.3) is 0 Å². The SMILES string of the molecule is Cl.Cn1cc([C@H]2CNC[C@@H]2C(=O)NC2CCN(c3ccccc3F)C2=O)cn1. The first-order valence-electron chi connectivity index (χ1n) is 9.10. The summed E-state index contributed by atoms with van der Waals surface area (Å²) in [6.07, 6.45) is 4.16. The zero-order valence-corrected chi connectivity index (χ0v) is 16.3. The smallest absolute Gasteiger partial charge is 0.249 e. The van der Waals surface area contributed by atoms with E-state index in [0.29, 0.717) is 26.1 Å². The van der Waals surface area contributed by atoms with E-state index >= 15 is 0 Å². The highest BCUT2D eigenvalue weighted by Crippen LogP contribution is 2.29. The van der Waals surface area contributed by atoms with Gasteiger partial charge in [-0.25, -0.2) is 4.39 Å². The number of anilines is 1. The predicted molar refractivity (Wildman–Crippen MR) is 105 cm³/mol. The molecule has 1 aromatic heterocycles.